The third kappa shape index (κ3) is 6.15. The van der Waals surface area contributed by atoms with Crippen LogP contribution in [0, 0.1) is 50.7 Å². The van der Waals surface area contributed by atoms with Gasteiger partial charge >= 0.3 is 11.9 Å². The fourth-order valence-corrected chi connectivity index (χ4v) is 12.7. The van der Waals surface area contributed by atoms with Gasteiger partial charge in [-0.15, -0.1) is 0 Å². The molecule has 1 aromatic rings. The molecular formula is C41H60O8. The average Bonchev–Trinajstić information content (AvgIpc) is 3.19. The second-order valence-corrected chi connectivity index (χ2v) is 18.3. The summed E-state index contributed by atoms with van der Waals surface area (Å²) in [5.41, 5.74) is 1.88. The molecule has 0 amide bonds. The number of ether oxygens (including phenoxy) is 3. The standard InChI is InChI=1S/C41H60O8/c1-37(2)31-15-18-39(5)22-25-9-11-30-38(3,4)34(49-36(45)14-13-35(44)48-29-24-47-26(23-42)21-28(29)43)17-19-40(30,6)27(25)10-12-32(39)41(31,7)20-16-33(37)46-8/h9,21,24,27,30-34,42H,10-20,22-23H2,1-8H3/t27-,30-,31-,32-,33+,34+,39-,40+,41-/m0/s1. The van der Waals surface area contributed by atoms with Gasteiger partial charge in [-0.25, -0.2) is 0 Å². The van der Waals surface area contributed by atoms with E-state index in [-0.39, 0.29) is 46.7 Å². The highest BCUT2D eigenvalue weighted by Gasteiger charge is 2.63. The normalized spacial score (nSPS) is 39.2. The number of methoxy groups -OCH3 is 1. The van der Waals surface area contributed by atoms with E-state index in [9.17, 15) is 14.4 Å². The lowest BCUT2D eigenvalue weighted by Crippen LogP contribution is -2.58. The number of allylic oxidation sites excluding steroid dienone is 2. The van der Waals surface area contributed by atoms with Gasteiger partial charge in [-0.05, 0) is 110 Å². The number of hydrogen-bond acceptors (Lipinski definition) is 8. The van der Waals surface area contributed by atoms with Gasteiger partial charge in [0, 0.05) is 18.6 Å². The lowest BCUT2D eigenvalue weighted by atomic mass is 9.42. The maximum Gasteiger partial charge on any atom is 0.312 e. The van der Waals surface area contributed by atoms with Crippen LogP contribution in [0.4, 0.5) is 0 Å². The van der Waals surface area contributed by atoms with Crippen LogP contribution in [0.25, 0.3) is 0 Å². The van der Waals surface area contributed by atoms with Crippen molar-refractivity contribution < 1.29 is 33.3 Å². The number of fused-ring (bicyclic) bond motifs is 6. The second-order valence-electron chi connectivity index (χ2n) is 18.3. The van der Waals surface area contributed by atoms with Gasteiger partial charge in [0.15, 0.2) is 0 Å². The van der Waals surface area contributed by atoms with Crippen LogP contribution in [0.1, 0.15) is 131 Å². The van der Waals surface area contributed by atoms with Gasteiger partial charge in [-0.1, -0.05) is 60.1 Å². The summed E-state index contributed by atoms with van der Waals surface area (Å²) in [5, 5.41) is 9.11. The van der Waals surface area contributed by atoms with E-state index in [0.29, 0.717) is 40.6 Å². The largest absolute Gasteiger partial charge is 0.463 e. The zero-order valence-corrected chi connectivity index (χ0v) is 31.2. The Bertz CT molecular complexity index is 1520. The Morgan fingerprint density at radius 3 is 2.20 bits per heavy atom. The van der Waals surface area contributed by atoms with Crippen LogP contribution in [-0.4, -0.2) is 36.4 Å². The van der Waals surface area contributed by atoms with Crippen molar-refractivity contribution >= 4 is 11.9 Å². The molecule has 0 unspecified atom stereocenters. The van der Waals surface area contributed by atoms with Crippen molar-refractivity contribution in [2.45, 2.75) is 144 Å². The molecule has 0 saturated heterocycles. The van der Waals surface area contributed by atoms with Crippen LogP contribution < -0.4 is 10.2 Å². The molecule has 4 saturated carbocycles. The summed E-state index contributed by atoms with van der Waals surface area (Å²) in [4.78, 5) is 37.6. The molecule has 1 aromatic heterocycles. The Labute approximate surface area is 292 Å². The van der Waals surface area contributed by atoms with Gasteiger partial charge in [-0.2, -0.15) is 0 Å². The van der Waals surface area contributed by atoms with Crippen molar-refractivity contribution in [3.05, 3.63) is 40.0 Å². The molecule has 8 nitrogen and oxygen atoms in total. The van der Waals surface area contributed by atoms with Gasteiger partial charge < -0.3 is 23.7 Å². The van der Waals surface area contributed by atoms with Crippen molar-refractivity contribution in [1.29, 1.82) is 0 Å². The van der Waals surface area contributed by atoms with E-state index in [4.69, 9.17) is 23.7 Å². The molecule has 49 heavy (non-hydrogen) atoms. The van der Waals surface area contributed by atoms with Crippen LogP contribution in [0.3, 0.4) is 0 Å². The summed E-state index contributed by atoms with van der Waals surface area (Å²) >= 11 is 0. The third-order valence-electron chi connectivity index (χ3n) is 15.1. The number of aliphatic hydroxyl groups is 1. The smallest absolute Gasteiger partial charge is 0.312 e. The molecule has 0 spiro atoms. The maximum atomic E-state index is 13.1. The fourth-order valence-electron chi connectivity index (χ4n) is 12.7. The van der Waals surface area contributed by atoms with Gasteiger partial charge in [0.05, 0.1) is 18.9 Å². The molecule has 0 aromatic carbocycles. The molecule has 8 heteroatoms. The van der Waals surface area contributed by atoms with Gasteiger partial charge in [0.25, 0.3) is 0 Å². The molecule has 5 aliphatic carbocycles. The van der Waals surface area contributed by atoms with Crippen LogP contribution >= 0.6 is 0 Å². The van der Waals surface area contributed by atoms with Crippen molar-refractivity contribution in [2.75, 3.05) is 7.11 Å². The lowest BCUT2D eigenvalue weighted by molar-refractivity contribution is -0.178. The minimum Gasteiger partial charge on any atom is -0.463 e. The minimum atomic E-state index is -0.709. The van der Waals surface area contributed by atoms with Crippen molar-refractivity contribution in [2.24, 2.45) is 50.7 Å². The molecule has 0 radical (unpaired) electrons. The van der Waals surface area contributed by atoms with Crippen LogP contribution in [0.5, 0.6) is 5.75 Å². The summed E-state index contributed by atoms with van der Waals surface area (Å²) in [5.74, 6) is 0.999. The van der Waals surface area contributed by atoms with Gasteiger partial charge in [0.1, 0.15) is 24.7 Å². The number of esters is 2. The number of hydrogen-bond donors (Lipinski definition) is 1. The number of aliphatic hydroxyl groups excluding tert-OH is 1. The highest BCUT2D eigenvalue weighted by Crippen LogP contribution is 2.70. The van der Waals surface area contributed by atoms with Crippen molar-refractivity contribution in [3.63, 3.8) is 0 Å². The van der Waals surface area contributed by atoms with Gasteiger partial charge in [0.2, 0.25) is 11.2 Å². The Kier molecular flexibility index (Phi) is 9.61. The maximum absolute atomic E-state index is 13.1. The first-order valence-electron chi connectivity index (χ1n) is 18.8. The van der Waals surface area contributed by atoms with Crippen molar-refractivity contribution in [1.82, 2.24) is 0 Å². The highest BCUT2D eigenvalue weighted by atomic mass is 16.6. The van der Waals surface area contributed by atoms with E-state index < -0.39 is 24.0 Å². The van der Waals surface area contributed by atoms with E-state index in [2.05, 4.69) is 54.5 Å². The first kappa shape index (κ1) is 36.3. The zero-order valence-electron chi connectivity index (χ0n) is 31.2. The first-order valence-corrected chi connectivity index (χ1v) is 18.8. The second kappa shape index (κ2) is 13.0. The Morgan fingerprint density at radius 1 is 0.837 bits per heavy atom. The summed E-state index contributed by atoms with van der Waals surface area (Å²) in [6.45, 7) is 16.8. The van der Waals surface area contributed by atoms with E-state index in [0.717, 1.165) is 38.0 Å². The molecule has 9 atom stereocenters. The molecule has 1 heterocycles. The summed E-state index contributed by atoms with van der Waals surface area (Å²) in [6.07, 6.45) is 14.9. The topological polar surface area (TPSA) is 112 Å². The Balaban J connectivity index is 1.12. The van der Waals surface area contributed by atoms with E-state index in [1.54, 1.807) is 5.57 Å². The first-order chi connectivity index (χ1) is 23.0. The SMILES string of the molecule is CO[C@@H]1CC[C@@]2(C)[C@@H](CC[C@@]3(C)CC4=CC[C@H]5C(C)(C)[C@H](OC(=O)CCC(=O)Oc6coc(CO)cc6=O)CC[C@]5(C)[C@H]4CC[C@@H]32)C1(C)C. The fraction of sp³-hybridized carbons (Fsp3) is 0.780. The van der Waals surface area contributed by atoms with Crippen molar-refractivity contribution in [3.8, 4) is 5.75 Å². The highest BCUT2D eigenvalue weighted by molar-refractivity contribution is 5.79. The summed E-state index contributed by atoms with van der Waals surface area (Å²) in [6, 6.07) is 1.08. The average molecular weight is 681 g/mol. The molecule has 272 valence electrons. The predicted molar refractivity (Wildman–Crippen MR) is 187 cm³/mol. The number of carbonyl (C=O) groups is 2. The minimum absolute atomic E-state index is 0.0765. The Hall–Kier alpha value is -2.45. The predicted octanol–water partition coefficient (Wildman–Crippen LogP) is 8.18. The van der Waals surface area contributed by atoms with Gasteiger partial charge in [-0.3, -0.25) is 14.4 Å². The van der Waals surface area contributed by atoms with Crippen LogP contribution in [-0.2, 0) is 25.7 Å². The van der Waals surface area contributed by atoms with E-state index >= 15 is 0 Å². The molecule has 5 aliphatic rings. The zero-order chi connectivity index (χ0) is 35.6. The lowest BCUT2D eigenvalue weighted by Gasteiger charge is -2.64. The van der Waals surface area contributed by atoms with E-state index in [1.807, 2.05) is 7.11 Å². The quantitative estimate of drug-likeness (QED) is 0.227. The molecule has 1 N–H and O–H groups in total. The molecule has 0 bridgehead atoms. The third-order valence-corrected chi connectivity index (χ3v) is 15.1. The Morgan fingerprint density at radius 2 is 1.51 bits per heavy atom. The van der Waals surface area contributed by atoms with Crippen LogP contribution in [0.15, 0.2) is 33.2 Å². The summed E-state index contributed by atoms with van der Waals surface area (Å²) in [7, 11) is 1.90. The number of rotatable bonds is 7. The molecule has 4 fully saturated rings. The molecular weight excluding hydrogens is 620 g/mol. The van der Waals surface area contributed by atoms with E-state index in [1.165, 1.54) is 38.5 Å². The monoisotopic (exact) mass is 680 g/mol. The summed E-state index contributed by atoms with van der Waals surface area (Å²) < 4.78 is 22.4. The molecule has 6 rings (SSSR count). The molecule has 0 aliphatic heterocycles. The number of carbonyl (C=O) groups excluding carboxylic acids is 2. The van der Waals surface area contributed by atoms with Crippen LogP contribution in [0.2, 0.25) is 0 Å².